The number of nitrogens with zero attached hydrogens (tertiary/aromatic N) is 2. The Kier molecular flexibility index (Phi) is 4.71. The molecular weight excluding hydrogens is 379 g/mol. The van der Waals surface area contributed by atoms with Gasteiger partial charge in [0.2, 0.25) is 0 Å². The number of rotatable bonds is 4. The minimum absolute atomic E-state index is 0.305. The van der Waals surface area contributed by atoms with Crippen LogP contribution in [0.3, 0.4) is 0 Å². The number of aromatic nitrogens is 2. The van der Waals surface area contributed by atoms with Crippen molar-refractivity contribution in [2.75, 3.05) is 17.2 Å². The second-order valence-electron chi connectivity index (χ2n) is 3.67. The Bertz CT molecular complexity index is 592. The topological polar surface area (TPSA) is 49.8 Å². The Morgan fingerprint density at radius 3 is 2.63 bits per heavy atom. The molecule has 100 valence electrons. The summed E-state index contributed by atoms with van der Waals surface area (Å²) >= 11 is 6.58. The normalized spacial score (nSPS) is 10.3. The minimum atomic E-state index is -0.305. The summed E-state index contributed by atoms with van der Waals surface area (Å²) in [4.78, 5) is 8.27. The van der Waals surface area contributed by atoms with Crippen molar-refractivity contribution in [2.45, 2.75) is 6.92 Å². The molecule has 2 rings (SSSR count). The van der Waals surface area contributed by atoms with E-state index < -0.39 is 0 Å². The van der Waals surface area contributed by atoms with Crippen LogP contribution in [0, 0.1) is 5.82 Å². The summed E-state index contributed by atoms with van der Waals surface area (Å²) in [5, 5.41) is 6.22. The zero-order chi connectivity index (χ0) is 13.8. The maximum Gasteiger partial charge on any atom is 0.150 e. The van der Waals surface area contributed by atoms with E-state index in [2.05, 4.69) is 52.5 Å². The van der Waals surface area contributed by atoms with E-state index in [1.807, 2.05) is 6.92 Å². The van der Waals surface area contributed by atoms with Gasteiger partial charge in [0.15, 0.2) is 0 Å². The molecule has 2 aromatic rings. The minimum Gasteiger partial charge on any atom is -0.369 e. The van der Waals surface area contributed by atoms with E-state index in [-0.39, 0.29) is 5.82 Å². The van der Waals surface area contributed by atoms with E-state index >= 15 is 0 Å². The summed E-state index contributed by atoms with van der Waals surface area (Å²) < 4.78 is 14.3. The van der Waals surface area contributed by atoms with Crippen LogP contribution in [0.15, 0.2) is 33.5 Å². The predicted octanol–water partition coefficient (Wildman–Crippen LogP) is 4.32. The van der Waals surface area contributed by atoms with Gasteiger partial charge in [-0.1, -0.05) is 0 Å². The Balaban J connectivity index is 2.27. The molecule has 0 saturated heterocycles. The largest absolute Gasteiger partial charge is 0.369 e. The van der Waals surface area contributed by atoms with Gasteiger partial charge in [0.25, 0.3) is 0 Å². The van der Waals surface area contributed by atoms with Crippen molar-refractivity contribution in [1.82, 2.24) is 9.97 Å². The van der Waals surface area contributed by atoms with Crippen LogP contribution in [0.5, 0.6) is 0 Å². The third kappa shape index (κ3) is 3.42. The summed E-state index contributed by atoms with van der Waals surface area (Å²) in [5.41, 5.74) is 0.732. The van der Waals surface area contributed by atoms with Gasteiger partial charge in [0.1, 0.15) is 28.3 Å². The van der Waals surface area contributed by atoms with Crippen LogP contribution in [-0.2, 0) is 0 Å². The number of benzene rings is 1. The highest BCUT2D eigenvalue weighted by Gasteiger charge is 2.09. The number of halogens is 3. The fraction of sp³-hybridized carbons (Fsp3) is 0.167. The van der Waals surface area contributed by atoms with Crippen LogP contribution in [0.4, 0.5) is 21.7 Å². The Morgan fingerprint density at radius 2 is 1.95 bits per heavy atom. The second kappa shape index (κ2) is 6.29. The lowest BCUT2D eigenvalue weighted by Crippen LogP contribution is -2.03. The Labute approximate surface area is 127 Å². The molecule has 0 atom stereocenters. The molecule has 2 N–H and O–H groups in total. The first kappa shape index (κ1) is 14.2. The first-order chi connectivity index (χ1) is 9.11. The van der Waals surface area contributed by atoms with E-state index in [1.54, 1.807) is 12.1 Å². The Morgan fingerprint density at radius 1 is 1.21 bits per heavy atom. The maximum absolute atomic E-state index is 13.2. The molecule has 1 aromatic heterocycles. The van der Waals surface area contributed by atoms with Gasteiger partial charge in [-0.15, -0.1) is 0 Å². The van der Waals surface area contributed by atoms with Gasteiger partial charge in [-0.05, 0) is 57.0 Å². The summed E-state index contributed by atoms with van der Waals surface area (Å²) in [6.45, 7) is 2.75. The summed E-state index contributed by atoms with van der Waals surface area (Å²) in [7, 11) is 0. The zero-order valence-electron chi connectivity index (χ0n) is 10.0. The van der Waals surface area contributed by atoms with Gasteiger partial charge in [0, 0.05) is 12.2 Å². The summed E-state index contributed by atoms with van der Waals surface area (Å²) in [5.74, 6) is 1.02. The highest BCUT2D eigenvalue weighted by Crippen LogP contribution is 2.30. The molecule has 0 spiro atoms. The lowest BCUT2D eigenvalue weighted by atomic mass is 10.3. The van der Waals surface area contributed by atoms with Crippen LogP contribution >= 0.6 is 31.9 Å². The average Bonchev–Trinajstić information content (AvgIpc) is 2.39. The fourth-order valence-corrected chi connectivity index (χ4v) is 2.28. The van der Waals surface area contributed by atoms with E-state index in [9.17, 15) is 4.39 Å². The van der Waals surface area contributed by atoms with Gasteiger partial charge in [-0.2, -0.15) is 0 Å². The lowest BCUT2D eigenvalue weighted by Gasteiger charge is -2.11. The van der Waals surface area contributed by atoms with Crippen molar-refractivity contribution in [2.24, 2.45) is 0 Å². The molecule has 0 fully saturated rings. The van der Waals surface area contributed by atoms with Crippen LogP contribution in [0.1, 0.15) is 6.92 Å². The molecule has 0 bridgehead atoms. The van der Waals surface area contributed by atoms with Crippen LogP contribution in [0.25, 0.3) is 0 Å². The van der Waals surface area contributed by atoms with Gasteiger partial charge < -0.3 is 10.6 Å². The first-order valence-corrected chi connectivity index (χ1v) is 7.17. The van der Waals surface area contributed by atoms with Crippen LogP contribution in [-0.4, -0.2) is 16.5 Å². The van der Waals surface area contributed by atoms with Crippen molar-refractivity contribution in [3.05, 3.63) is 39.3 Å². The number of hydrogen-bond acceptors (Lipinski definition) is 4. The molecule has 1 aromatic carbocycles. The molecule has 0 aliphatic rings. The van der Waals surface area contributed by atoms with E-state index in [0.29, 0.717) is 16.1 Å². The van der Waals surface area contributed by atoms with Gasteiger partial charge >= 0.3 is 0 Å². The van der Waals surface area contributed by atoms with Crippen molar-refractivity contribution in [1.29, 1.82) is 0 Å². The predicted molar refractivity (Wildman–Crippen MR) is 81.3 cm³/mol. The number of hydrogen-bond donors (Lipinski definition) is 2. The van der Waals surface area contributed by atoms with E-state index in [0.717, 1.165) is 16.7 Å². The first-order valence-electron chi connectivity index (χ1n) is 5.58. The van der Waals surface area contributed by atoms with Gasteiger partial charge in [-0.25, -0.2) is 14.4 Å². The molecule has 0 aliphatic heterocycles. The van der Waals surface area contributed by atoms with Gasteiger partial charge in [-0.3, -0.25) is 0 Å². The SMILES string of the molecule is CCNc1ncnc(Nc2ccc(F)c(Br)c2)c1Br. The Hall–Kier alpha value is -1.21. The molecule has 0 amide bonds. The van der Waals surface area contributed by atoms with Crippen LogP contribution < -0.4 is 10.6 Å². The second-order valence-corrected chi connectivity index (χ2v) is 5.32. The van der Waals surface area contributed by atoms with Crippen molar-refractivity contribution in [3.8, 4) is 0 Å². The molecule has 19 heavy (non-hydrogen) atoms. The summed E-state index contributed by atoms with van der Waals surface area (Å²) in [6, 6.07) is 4.67. The average molecular weight is 390 g/mol. The maximum atomic E-state index is 13.2. The van der Waals surface area contributed by atoms with Crippen molar-refractivity contribution >= 4 is 49.2 Å². The summed E-state index contributed by atoms with van der Waals surface area (Å²) in [6.07, 6.45) is 1.46. The van der Waals surface area contributed by atoms with Gasteiger partial charge in [0.05, 0.1) is 4.47 Å². The molecule has 1 heterocycles. The third-order valence-electron chi connectivity index (χ3n) is 2.32. The highest BCUT2D eigenvalue weighted by atomic mass is 79.9. The quantitative estimate of drug-likeness (QED) is 0.817. The molecule has 4 nitrogen and oxygen atoms in total. The molecule has 7 heteroatoms. The highest BCUT2D eigenvalue weighted by molar-refractivity contribution is 9.11. The molecule has 0 radical (unpaired) electrons. The fourth-order valence-electron chi connectivity index (χ4n) is 1.46. The lowest BCUT2D eigenvalue weighted by molar-refractivity contribution is 0.621. The van der Waals surface area contributed by atoms with E-state index in [4.69, 9.17) is 0 Å². The van der Waals surface area contributed by atoms with Crippen molar-refractivity contribution < 1.29 is 4.39 Å². The molecule has 0 aliphatic carbocycles. The monoisotopic (exact) mass is 388 g/mol. The molecule has 0 unspecified atom stereocenters. The molecule has 0 saturated carbocycles. The third-order valence-corrected chi connectivity index (χ3v) is 3.67. The van der Waals surface area contributed by atoms with Crippen molar-refractivity contribution in [3.63, 3.8) is 0 Å². The number of nitrogens with one attached hydrogen (secondary N) is 2. The molecular formula is C12H11Br2FN4. The standard InChI is InChI=1S/C12H11Br2FN4/c1-2-16-11-10(14)12(18-6-17-11)19-7-3-4-9(15)8(13)5-7/h3-6H,2H2,1H3,(H2,16,17,18,19). The smallest absolute Gasteiger partial charge is 0.150 e. The zero-order valence-corrected chi connectivity index (χ0v) is 13.2. The van der Waals surface area contributed by atoms with Crippen LogP contribution in [0.2, 0.25) is 0 Å². The number of anilines is 3. The van der Waals surface area contributed by atoms with E-state index in [1.165, 1.54) is 12.4 Å².